The molecule has 3 atom stereocenters. The predicted octanol–water partition coefficient (Wildman–Crippen LogP) is 2.50. The van der Waals surface area contributed by atoms with Gasteiger partial charge >= 0.3 is 10.2 Å². The van der Waals surface area contributed by atoms with Gasteiger partial charge in [0.05, 0.1) is 4.75 Å². The van der Waals surface area contributed by atoms with Crippen molar-refractivity contribution in [2.75, 3.05) is 0 Å². The summed E-state index contributed by atoms with van der Waals surface area (Å²) in [7, 11) is -4.41. The van der Waals surface area contributed by atoms with Crippen molar-refractivity contribution in [3.8, 4) is 0 Å². The highest BCUT2D eigenvalue weighted by molar-refractivity contribution is 7.87. The van der Waals surface area contributed by atoms with Crippen LogP contribution in [0.2, 0.25) is 0 Å². The molecule has 2 saturated carbocycles. The molecule has 0 aromatic carbocycles. The van der Waals surface area contributed by atoms with E-state index in [-0.39, 0.29) is 5.92 Å². The second kappa shape index (κ2) is 2.94. The molecule has 0 N–H and O–H groups in total. The standard InChI is InChI=1S/C10H17FO2S/c1-10(2,14(11,12)13)9-6-7-3-4-8(9)5-7/h7-9H,3-6H2,1-2H3. The molecule has 0 heterocycles. The van der Waals surface area contributed by atoms with Gasteiger partial charge in [-0.05, 0) is 50.9 Å². The highest BCUT2D eigenvalue weighted by atomic mass is 32.3. The number of fused-ring (bicyclic) bond motifs is 2. The Kier molecular flexibility index (Phi) is 2.18. The van der Waals surface area contributed by atoms with Gasteiger partial charge in [0, 0.05) is 0 Å². The normalized spacial score (nSPS) is 37.8. The number of rotatable bonds is 2. The minimum atomic E-state index is -4.41. The van der Waals surface area contributed by atoms with Crippen LogP contribution in [0.5, 0.6) is 0 Å². The maximum absolute atomic E-state index is 13.1. The van der Waals surface area contributed by atoms with Crippen molar-refractivity contribution in [3.63, 3.8) is 0 Å². The predicted molar refractivity (Wildman–Crippen MR) is 53.0 cm³/mol. The van der Waals surface area contributed by atoms with Crippen molar-refractivity contribution in [1.82, 2.24) is 0 Å². The SMILES string of the molecule is CC(C)(C1CC2CCC1C2)S(=O)(=O)F. The van der Waals surface area contributed by atoms with Crippen LogP contribution in [0.15, 0.2) is 0 Å². The third-order valence-electron chi connectivity index (χ3n) is 4.26. The summed E-state index contributed by atoms with van der Waals surface area (Å²) in [6.07, 6.45) is 4.32. The Balaban J connectivity index is 2.24. The van der Waals surface area contributed by atoms with E-state index in [0.29, 0.717) is 11.8 Å². The van der Waals surface area contributed by atoms with Crippen molar-refractivity contribution >= 4 is 10.2 Å². The van der Waals surface area contributed by atoms with Gasteiger partial charge in [-0.3, -0.25) is 0 Å². The average Bonchev–Trinajstić information content (AvgIpc) is 2.61. The molecule has 14 heavy (non-hydrogen) atoms. The van der Waals surface area contributed by atoms with Crippen LogP contribution >= 0.6 is 0 Å². The first kappa shape index (κ1) is 10.4. The zero-order valence-corrected chi connectivity index (χ0v) is 9.48. The van der Waals surface area contributed by atoms with Gasteiger partial charge in [0.25, 0.3) is 0 Å². The zero-order valence-electron chi connectivity index (χ0n) is 8.66. The maximum atomic E-state index is 13.1. The first-order chi connectivity index (χ1) is 6.32. The van der Waals surface area contributed by atoms with Crippen molar-refractivity contribution < 1.29 is 12.3 Å². The van der Waals surface area contributed by atoms with E-state index < -0.39 is 15.0 Å². The van der Waals surface area contributed by atoms with Crippen LogP contribution in [-0.2, 0) is 10.2 Å². The van der Waals surface area contributed by atoms with E-state index in [0.717, 1.165) is 19.3 Å². The monoisotopic (exact) mass is 220 g/mol. The fourth-order valence-electron chi connectivity index (χ4n) is 3.28. The van der Waals surface area contributed by atoms with Crippen molar-refractivity contribution in [3.05, 3.63) is 0 Å². The third kappa shape index (κ3) is 1.38. The first-order valence-corrected chi connectivity index (χ1v) is 6.65. The highest BCUT2D eigenvalue weighted by Crippen LogP contribution is 2.53. The molecule has 2 fully saturated rings. The molecule has 0 radical (unpaired) electrons. The smallest absolute Gasteiger partial charge is 0.194 e. The molecule has 2 nitrogen and oxygen atoms in total. The molecule has 82 valence electrons. The number of halogens is 1. The number of hydrogen-bond donors (Lipinski definition) is 0. The lowest BCUT2D eigenvalue weighted by Gasteiger charge is -2.33. The average molecular weight is 220 g/mol. The Morgan fingerprint density at radius 2 is 1.86 bits per heavy atom. The Morgan fingerprint density at radius 1 is 1.21 bits per heavy atom. The molecular weight excluding hydrogens is 203 g/mol. The lowest BCUT2D eigenvalue weighted by atomic mass is 9.80. The molecule has 2 rings (SSSR count). The van der Waals surface area contributed by atoms with Crippen molar-refractivity contribution in [2.45, 2.75) is 44.3 Å². The molecule has 0 saturated heterocycles. The van der Waals surface area contributed by atoms with E-state index in [4.69, 9.17) is 0 Å². The molecular formula is C10H17FO2S. The van der Waals surface area contributed by atoms with E-state index in [1.807, 2.05) is 0 Å². The van der Waals surface area contributed by atoms with Gasteiger partial charge in [-0.1, -0.05) is 6.42 Å². The topological polar surface area (TPSA) is 34.1 Å². The molecule has 3 unspecified atom stereocenters. The Labute approximate surface area is 85.1 Å². The molecule has 0 aliphatic heterocycles. The van der Waals surface area contributed by atoms with Crippen LogP contribution < -0.4 is 0 Å². The third-order valence-corrected chi connectivity index (χ3v) is 5.82. The highest BCUT2D eigenvalue weighted by Gasteiger charge is 2.52. The lowest BCUT2D eigenvalue weighted by Crippen LogP contribution is -2.40. The summed E-state index contributed by atoms with van der Waals surface area (Å²) < 4.78 is 34.0. The molecule has 0 aromatic heterocycles. The summed E-state index contributed by atoms with van der Waals surface area (Å²) in [5, 5.41) is 0. The Bertz CT molecular complexity index is 334. The molecule has 4 heteroatoms. The maximum Gasteiger partial charge on any atom is 0.307 e. The van der Waals surface area contributed by atoms with Gasteiger partial charge in [0.15, 0.2) is 0 Å². The summed E-state index contributed by atoms with van der Waals surface area (Å²) in [4.78, 5) is 0. The van der Waals surface area contributed by atoms with E-state index in [1.54, 1.807) is 0 Å². The van der Waals surface area contributed by atoms with E-state index in [1.165, 1.54) is 20.3 Å². The second-order valence-electron chi connectivity index (χ2n) is 5.32. The van der Waals surface area contributed by atoms with Crippen molar-refractivity contribution in [1.29, 1.82) is 0 Å². The summed E-state index contributed by atoms with van der Waals surface area (Å²) >= 11 is 0. The second-order valence-corrected chi connectivity index (χ2v) is 7.25. The lowest BCUT2D eigenvalue weighted by molar-refractivity contribution is 0.264. The summed E-state index contributed by atoms with van der Waals surface area (Å²) in [5.74, 6) is 1.14. The van der Waals surface area contributed by atoms with Crippen LogP contribution in [0.4, 0.5) is 3.89 Å². The van der Waals surface area contributed by atoms with Gasteiger partial charge < -0.3 is 0 Å². The zero-order chi connectivity index (χ0) is 10.6. The van der Waals surface area contributed by atoms with E-state index >= 15 is 0 Å². The molecule has 2 aliphatic rings. The van der Waals surface area contributed by atoms with Gasteiger partial charge in [-0.15, -0.1) is 3.89 Å². The van der Waals surface area contributed by atoms with Gasteiger partial charge in [-0.2, -0.15) is 8.42 Å². The van der Waals surface area contributed by atoms with Crippen LogP contribution in [0, 0.1) is 17.8 Å². The van der Waals surface area contributed by atoms with Gasteiger partial charge in [0.2, 0.25) is 0 Å². The fourth-order valence-corrected chi connectivity index (χ4v) is 3.93. The van der Waals surface area contributed by atoms with Gasteiger partial charge in [-0.25, -0.2) is 0 Å². The first-order valence-electron chi connectivity index (χ1n) is 5.26. The fraction of sp³-hybridized carbons (Fsp3) is 1.00. The van der Waals surface area contributed by atoms with Crippen LogP contribution in [-0.4, -0.2) is 13.2 Å². The molecule has 0 spiro atoms. The largest absolute Gasteiger partial charge is 0.307 e. The van der Waals surface area contributed by atoms with Crippen molar-refractivity contribution in [2.24, 2.45) is 17.8 Å². The Morgan fingerprint density at radius 3 is 2.21 bits per heavy atom. The minimum Gasteiger partial charge on any atom is -0.194 e. The Hall–Kier alpha value is -0.120. The van der Waals surface area contributed by atoms with Crippen LogP contribution in [0.1, 0.15) is 39.5 Å². The minimum absolute atomic E-state index is 0.0382. The molecule has 2 bridgehead atoms. The van der Waals surface area contributed by atoms with E-state index in [9.17, 15) is 12.3 Å². The summed E-state index contributed by atoms with van der Waals surface area (Å²) in [5.41, 5.74) is 0. The molecule has 0 aromatic rings. The van der Waals surface area contributed by atoms with E-state index in [2.05, 4.69) is 0 Å². The summed E-state index contributed by atoms with van der Waals surface area (Å²) in [6.45, 7) is 3.07. The van der Waals surface area contributed by atoms with Gasteiger partial charge in [0.1, 0.15) is 0 Å². The van der Waals surface area contributed by atoms with Crippen LogP contribution in [0.25, 0.3) is 0 Å². The summed E-state index contributed by atoms with van der Waals surface area (Å²) in [6, 6.07) is 0. The van der Waals surface area contributed by atoms with Crippen LogP contribution in [0.3, 0.4) is 0 Å². The molecule has 2 aliphatic carbocycles. The molecule has 0 amide bonds. The quantitative estimate of drug-likeness (QED) is 0.670. The number of hydrogen-bond acceptors (Lipinski definition) is 2.